The highest BCUT2D eigenvalue weighted by atomic mass is 16.5. The first-order valence-electron chi connectivity index (χ1n) is 5.07. The number of aliphatic hydroxyl groups is 1. The fourth-order valence-electron chi connectivity index (χ4n) is 1.13. The molecule has 0 radical (unpaired) electrons. The van der Waals surface area contributed by atoms with E-state index in [1.165, 1.54) is 0 Å². The molecule has 0 fully saturated rings. The molecule has 90 valence electrons. The second kappa shape index (κ2) is 6.32. The maximum Gasteiger partial charge on any atom is 0.358 e. The van der Waals surface area contributed by atoms with Crippen molar-refractivity contribution in [3.63, 3.8) is 0 Å². The molecule has 5 heteroatoms. The Morgan fingerprint density at radius 3 is 2.53 bits per heavy atom. The van der Waals surface area contributed by atoms with E-state index in [0.29, 0.717) is 11.8 Å². The van der Waals surface area contributed by atoms with Gasteiger partial charge in [-0.3, -0.25) is 4.79 Å². The van der Waals surface area contributed by atoms with Crippen LogP contribution in [0.5, 0.6) is 0 Å². The number of ether oxygens (including phenoxy) is 1. The van der Waals surface area contributed by atoms with Crippen molar-refractivity contribution in [3.05, 3.63) is 47.9 Å². The number of amides is 1. The van der Waals surface area contributed by atoms with Gasteiger partial charge in [0.2, 0.25) is 0 Å². The van der Waals surface area contributed by atoms with Gasteiger partial charge in [0.1, 0.15) is 6.26 Å². The number of aliphatic hydroxyl groups excluding tert-OH is 1. The summed E-state index contributed by atoms with van der Waals surface area (Å²) in [6.07, 6.45) is 0.513. The Bertz CT molecular complexity index is 425. The van der Waals surface area contributed by atoms with E-state index in [-0.39, 0.29) is 12.3 Å². The molecule has 1 aromatic rings. The van der Waals surface area contributed by atoms with Crippen LogP contribution in [0, 0.1) is 0 Å². The molecule has 0 aromatic heterocycles. The third-order valence-electron chi connectivity index (χ3n) is 1.91. The van der Waals surface area contributed by atoms with Crippen molar-refractivity contribution in [2.75, 3.05) is 6.61 Å². The highest BCUT2D eigenvalue weighted by molar-refractivity contribution is 6.00. The normalized spacial score (nSPS) is 10.8. The molecule has 0 saturated carbocycles. The molecule has 0 spiro atoms. The maximum atomic E-state index is 11.7. The van der Waals surface area contributed by atoms with Crippen LogP contribution >= 0.6 is 0 Å². The predicted octanol–water partition coefficient (Wildman–Crippen LogP) is 1.38. The van der Waals surface area contributed by atoms with Crippen LogP contribution in [0.3, 0.4) is 0 Å². The standard InChI is InChI=1S/C12H13NO4/c1-2-17-12(16)10(8-14)13-11(15)9-6-4-3-5-7-9/h3-8,14H,2H2,1H3,(H,13,15). The van der Waals surface area contributed by atoms with Crippen molar-refractivity contribution in [1.82, 2.24) is 5.32 Å². The summed E-state index contributed by atoms with van der Waals surface area (Å²) < 4.78 is 4.65. The van der Waals surface area contributed by atoms with Gasteiger partial charge in [0.15, 0.2) is 5.70 Å². The molecule has 0 aliphatic rings. The zero-order valence-electron chi connectivity index (χ0n) is 9.34. The van der Waals surface area contributed by atoms with E-state index in [1.54, 1.807) is 37.3 Å². The topological polar surface area (TPSA) is 75.6 Å². The summed E-state index contributed by atoms with van der Waals surface area (Å²) in [5.74, 6) is -1.27. The number of benzene rings is 1. The van der Waals surface area contributed by atoms with Crippen molar-refractivity contribution < 1.29 is 19.4 Å². The first-order valence-corrected chi connectivity index (χ1v) is 5.07. The Kier molecular flexibility index (Phi) is 4.75. The number of carbonyl (C=O) groups is 2. The molecule has 0 heterocycles. The third-order valence-corrected chi connectivity index (χ3v) is 1.91. The average molecular weight is 235 g/mol. The molecule has 1 amide bonds. The highest BCUT2D eigenvalue weighted by Gasteiger charge is 2.14. The monoisotopic (exact) mass is 235 g/mol. The number of hydrogen-bond donors (Lipinski definition) is 2. The van der Waals surface area contributed by atoms with Crippen LogP contribution in [0.25, 0.3) is 0 Å². The Labute approximate surface area is 98.7 Å². The van der Waals surface area contributed by atoms with E-state index in [2.05, 4.69) is 10.1 Å². The molecule has 0 aliphatic carbocycles. The second-order valence-corrected chi connectivity index (χ2v) is 3.08. The molecule has 0 aliphatic heterocycles. The van der Waals surface area contributed by atoms with Crippen LogP contribution in [-0.2, 0) is 9.53 Å². The van der Waals surface area contributed by atoms with Gasteiger partial charge in [0.05, 0.1) is 6.61 Å². The number of carbonyl (C=O) groups excluding carboxylic acids is 2. The van der Waals surface area contributed by atoms with Gasteiger partial charge >= 0.3 is 5.97 Å². The fraction of sp³-hybridized carbons (Fsp3) is 0.167. The highest BCUT2D eigenvalue weighted by Crippen LogP contribution is 2.01. The van der Waals surface area contributed by atoms with Crippen LogP contribution in [0.1, 0.15) is 17.3 Å². The quantitative estimate of drug-likeness (QED) is 0.469. The molecule has 0 atom stereocenters. The molecule has 0 unspecified atom stereocenters. The van der Waals surface area contributed by atoms with Gasteiger partial charge in [-0.2, -0.15) is 0 Å². The first-order chi connectivity index (χ1) is 8.19. The van der Waals surface area contributed by atoms with Crippen LogP contribution in [0.15, 0.2) is 42.3 Å². The summed E-state index contributed by atoms with van der Waals surface area (Å²) >= 11 is 0. The minimum atomic E-state index is -0.778. The van der Waals surface area contributed by atoms with E-state index >= 15 is 0 Å². The largest absolute Gasteiger partial charge is 0.513 e. The van der Waals surface area contributed by atoms with E-state index < -0.39 is 11.9 Å². The summed E-state index contributed by atoms with van der Waals surface area (Å²) in [5.41, 5.74) is 0.0943. The zero-order valence-corrected chi connectivity index (χ0v) is 9.34. The van der Waals surface area contributed by atoms with Gasteiger partial charge < -0.3 is 15.2 Å². The Hall–Kier alpha value is -2.30. The fourth-order valence-corrected chi connectivity index (χ4v) is 1.13. The third kappa shape index (κ3) is 3.64. The van der Waals surface area contributed by atoms with E-state index in [1.807, 2.05) is 0 Å². The summed E-state index contributed by atoms with van der Waals surface area (Å²) in [7, 11) is 0. The lowest BCUT2D eigenvalue weighted by molar-refractivity contribution is -0.139. The van der Waals surface area contributed by atoms with E-state index in [9.17, 15) is 9.59 Å². The second-order valence-electron chi connectivity index (χ2n) is 3.08. The lowest BCUT2D eigenvalue weighted by Crippen LogP contribution is -2.28. The molecular formula is C12H13NO4. The summed E-state index contributed by atoms with van der Waals surface area (Å²) in [6, 6.07) is 8.35. The molecule has 2 N–H and O–H groups in total. The van der Waals surface area contributed by atoms with Gasteiger partial charge in [0.25, 0.3) is 5.91 Å². The van der Waals surface area contributed by atoms with E-state index in [0.717, 1.165) is 0 Å². The minimum absolute atomic E-state index is 0.164. The Morgan fingerprint density at radius 2 is 2.00 bits per heavy atom. The summed E-state index contributed by atoms with van der Waals surface area (Å²) in [5, 5.41) is 11.1. The Morgan fingerprint density at radius 1 is 1.35 bits per heavy atom. The first kappa shape index (κ1) is 12.8. The maximum absolute atomic E-state index is 11.7. The number of hydrogen-bond acceptors (Lipinski definition) is 4. The van der Waals surface area contributed by atoms with Crippen LogP contribution in [0.4, 0.5) is 0 Å². The lowest BCUT2D eigenvalue weighted by atomic mass is 10.2. The van der Waals surface area contributed by atoms with Gasteiger partial charge in [-0.1, -0.05) is 18.2 Å². The number of nitrogens with one attached hydrogen (secondary N) is 1. The number of esters is 1. The van der Waals surface area contributed by atoms with Gasteiger partial charge in [-0.15, -0.1) is 0 Å². The van der Waals surface area contributed by atoms with Crippen molar-refractivity contribution in [2.24, 2.45) is 0 Å². The molecule has 1 aromatic carbocycles. The molecule has 1 rings (SSSR count). The molecule has 0 bridgehead atoms. The van der Waals surface area contributed by atoms with E-state index in [4.69, 9.17) is 5.11 Å². The molecule has 17 heavy (non-hydrogen) atoms. The van der Waals surface area contributed by atoms with Crippen molar-refractivity contribution in [3.8, 4) is 0 Å². The summed E-state index contributed by atoms with van der Waals surface area (Å²) in [6.45, 7) is 1.79. The van der Waals surface area contributed by atoms with Crippen molar-refractivity contribution in [2.45, 2.75) is 6.92 Å². The average Bonchev–Trinajstić information content (AvgIpc) is 2.37. The minimum Gasteiger partial charge on any atom is -0.513 e. The molecular weight excluding hydrogens is 222 g/mol. The SMILES string of the molecule is CCOC(=O)C(=CO)NC(=O)c1ccccc1. The van der Waals surface area contributed by atoms with Gasteiger partial charge in [-0.25, -0.2) is 4.79 Å². The molecule has 0 saturated heterocycles. The smallest absolute Gasteiger partial charge is 0.358 e. The van der Waals surface area contributed by atoms with Crippen molar-refractivity contribution >= 4 is 11.9 Å². The van der Waals surface area contributed by atoms with Crippen LogP contribution in [-0.4, -0.2) is 23.6 Å². The lowest BCUT2D eigenvalue weighted by Gasteiger charge is -2.07. The predicted molar refractivity (Wildman–Crippen MR) is 61.3 cm³/mol. The van der Waals surface area contributed by atoms with Crippen LogP contribution in [0.2, 0.25) is 0 Å². The van der Waals surface area contributed by atoms with Crippen molar-refractivity contribution in [1.29, 1.82) is 0 Å². The van der Waals surface area contributed by atoms with Gasteiger partial charge in [-0.05, 0) is 19.1 Å². The summed E-state index contributed by atoms with van der Waals surface area (Å²) in [4.78, 5) is 22.9. The Balaban J connectivity index is 2.71. The zero-order chi connectivity index (χ0) is 12.7. The molecule has 5 nitrogen and oxygen atoms in total. The van der Waals surface area contributed by atoms with Crippen LogP contribution < -0.4 is 5.32 Å². The number of rotatable bonds is 4. The van der Waals surface area contributed by atoms with Gasteiger partial charge in [0, 0.05) is 5.56 Å².